The monoisotopic (exact) mass is 416 g/mol. The molecule has 0 aromatic heterocycles. The largest absolute Gasteiger partial charge is 0.472 e. The average Bonchev–Trinajstić information content (AvgIpc) is 3.17. The van der Waals surface area contributed by atoms with Crippen LogP contribution in [0.3, 0.4) is 0 Å². The van der Waals surface area contributed by atoms with Gasteiger partial charge < -0.3 is 9.63 Å². The molecule has 3 unspecified atom stereocenters. The maximum absolute atomic E-state index is 11.5. The van der Waals surface area contributed by atoms with Gasteiger partial charge >= 0.3 is 7.82 Å². The third kappa shape index (κ3) is 6.14. The fourth-order valence-electron chi connectivity index (χ4n) is 3.45. The molecule has 0 aromatic rings. The van der Waals surface area contributed by atoms with E-state index in [1.807, 2.05) is 10.8 Å². The molecule has 0 radical (unpaired) electrons. The lowest BCUT2D eigenvalue weighted by Gasteiger charge is -2.24. The van der Waals surface area contributed by atoms with Gasteiger partial charge in [0.05, 0.1) is 4.86 Å². The van der Waals surface area contributed by atoms with Gasteiger partial charge in [0.25, 0.3) is 0 Å². The van der Waals surface area contributed by atoms with E-state index in [-0.39, 0.29) is 18.6 Å². The first-order valence-electron chi connectivity index (χ1n) is 9.59. The Morgan fingerprint density at radius 3 is 2.93 bits per heavy atom. The lowest BCUT2D eigenvalue weighted by atomic mass is 9.86. The van der Waals surface area contributed by atoms with Crippen LogP contribution in [0.5, 0.6) is 0 Å². The first kappa shape index (κ1) is 22.6. The van der Waals surface area contributed by atoms with Crippen LogP contribution in [-0.4, -0.2) is 53.0 Å². The van der Waals surface area contributed by atoms with Gasteiger partial charge in [0.1, 0.15) is 12.7 Å². The molecule has 2 heterocycles. The number of thiocarbonyl (C=S) groups is 1. The standard InChI is InChI=1S/C19H30NO5PS/c1-4-6-8-15(5-2)16-10-11-20(12-14-25-26(21,22)23-3)18(19(16)27)17-9-7-13-24-17/h5,10-11,16-17H,4,6-9,12-14H2,1-3H3/p+1. The van der Waals surface area contributed by atoms with Gasteiger partial charge in [-0.05, 0) is 38.7 Å². The normalized spacial score (nSPS) is 25.9. The minimum Gasteiger partial charge on any atom is -0.367 e. The summed E-state index contributed by atoms with van der Waals surface area (Å²) in [5.41, 5.74) is 2.32. The molecule has 1 N–H and O–H groups in total. The maximum Gasteiger partial charge on any atom is 0.472 e. The Hall–Kier alpha value is -0.690. The fraction of sp³-hybridized carbons (Fsp3) is 0.684. The summed E-state index contributed by atoms with van der Waals surface area (Å²) in [6.07, 6.45) is 11.5. The van der Waals surface area contributed by atoms with E-state index in [9.17, 15) is 9.46 Å². The Labute approximate surface area is 167 Å². The van der Waals surface area contributed by atoms with Crippen molar-refractivity contribution in [1.82, 2.24) is 0 Å². The van der Waals surface area contributed by atoms with Gasteiger partial charge in [-0.3, -0.25) is 9.05 Å². The Kier molecular flexibility index (Phi) is 8.99. The first-order chi connectivity index (χ1) is 12.9. The highest BCUT2D eigenvalue weighted by Gasteiger charge is 2.38. The van der Waals surface area contributed by atoms with Gasteiger partial charge in [0.15, 0.2) is 12.7 Å². The van der Waals surface area contributed by atoms with E-state index in [1.165, 1.54) is 5.57 Å². The second-order valence-corrected chi connectivity index (χ2v) is 8.72. The molecule has 2 aliphatic heterocycles. The van der Waals surface area contributed by atoms with Crippen molar-refractivity contribution in [2.75, 3.05) is 26.9 Å². The highest BCUT2D eigenvalue weighted by molar-refractivity contribution is 7.82. The van der Waals surface area contributed by atoms with E-state index in [0.717, 1.165) is 56.4 Å². The molecule has 8 heteroatoms. The zero-order chi connectivity index (χ0) is 19.9. The Morgan fingerprint density at radius 2 is 2.33 bits per heavy atom. The minimum absolute atomic E-state index is 0.0300. The highest BCUT2D eigenvalue weighted by Crippen LogP contribution is 2.41. The van der Waals surface area contributed by atoms with Crippen LogP contribution in [-0.2, 0) is 18.3 Å². The number of allylic oxidation sites excluding steroid dienone is 3. The third-order valence-electron chi connectivity index (χ3n) is 4.94. The zero-order valence-electron chi connectivity index (χ0n) is 16.4. The van der Waals surface area contributed by atoms with Gasteiger partial charge in [-0.15, -0.1) is 0 Å². The van der Waals surface area contributed by atoms with Crippen molar-refractivity contribution in [3.05, 3.63) is 23.9 Å². The van der Waals surface area contributed by atoms with E-state index < -0.39 is 7.82 Å². The van der Waals surface area contributed by atoms with Crippen molar-refractivity contribution in [2.24, 2.45) is 5.92 Å². The summed E-state index contributed by atoms with van der Waals surface area (Å²) >= 11 is 5.88. The molecular weight excluding hydrogens is 385 g/mol. The molecule has 2 aliphatic rings. The molecule has 0 bridgehead atoms. The fourth-order valence-corrected chi connectivity index (χ4v) is 4.35. The second kappa shape index (κ2) is 10.7. The smallest absolute Gasteiger partial charge is 0.367 e. The number of phosphoric acid groups is 1. The van der Waals surface area contributed by atoms with Crippen LogP contribution in [0.15, 0.2) is 23.9 Å². The number of unbranched alkanes of at least 4 members (excludes halogenated alkanes) is 1. The number of ether oxygens (including phenoxy) is 1. The van der Waals surface area contributed by atoms with Crippen molar-refractivity contribution < 1.29 is 27.8 Å². The predicted octanol–water partition coefficient (Wildman–Crippen LogP) is 4.03. The molecular formula is C19H31NO5PS+. The Bertz CT molecular complexity index is 667. The van der Waals surface area contributed by atoms with E-state index >= 15 is 0 Å². The predicted molar refractivity (Wildman–Crippen MR) is 110 cm³/mol. The molecule has 0 aliphatic carbocycles. The van der Waals surface area contributed by atoms with Gasteiger partial charge in [-0.2, -0.15) is 4.58 Å². The van der Waals surface area contributed by atoms with Crippen molar-refractivity contribution in [2.45, 2.75) is 52.1 Å². The van der Waals surface area contributed by atoms with Crippen LogP contribution in [0.25, 0.3) is 0 Å². The van der Waals surface area contributed by atoms with Crippen LogP contribution in [0.2, 0.25) is 0 Å². The van der Waals surface area contributed by atoms with Gasteiger partial charge in [0.2, 0.25) is 5.71 Å². The van der Waals surface area contributed by atoms with E-state index in [2.05, 4.69) is 30.5 Å². The number of hydrogen-bond donors (Lipinski definition) is 1. The quantitative estimate of drug-likeness (QED) is 0.251. The lowest BCUT2D eigenvalue weighted by Crippen LogP contribution is -2.41. The number of rotatable bonds is 10. The molecule has 3 atom stereocenters. The van der Waals surface area contributed by atoms with Crippen LogP contribution >= 0.6 is 20.0 Å². The first-order valence-corrected chi connectivity index (χ1v) is 11.5. The van der Waals surface area contributed by atoms with Crippen molar-refractivity contribution >= 4 is 30.6 Å². The molecule has 27 heavy (non-hydrogen) atoms. The molecule has 1 fully saturated rings. The number of phosphoric ester groups is 1. The second-order valence-electron chi connectivity index (χ2n) is 6.72. The molecule has 0 saturated carbocycles. The topological polar surface area (TPSA) is 68.0 Å². The number of nitrogens with zero attached hydrogens (tertiary/aromatic N) is 1. The summed E-state index contributed by atoms with van der Waals surface area (Å²) in [4.78, 5) is 10.3. The molecule has 1 saturated heterocycles. The summed E-state index contributed by atoms with van der Waals surface area (Å²) in [5, 5.41) is 0. The van der Waals surface area contributed by atoms with Crippen molar-refractivity contribution in [3.8, 4) is 0 Å². The third-order valence-corrected chi connectivity index (χ3v) is 6.38. The van der Waals surface area contributed by atoms with E-state index in [0.29, 0.717) is 6.54 Å². The van der Waals surface area contributed by atoms with Crippen LogP contribution < -0.4 is 0 Å². The molecule has 152 valence electrons. The summed E-state index contributed by atoms with van der Waals surface area (Å²) in [5.74, 6) is 0.107. The maximum atomic E-state index is 11.5. The van der Waals surface area contributed by atoms with E-state index in [1.54, 1.807) is 0 Å². The highest BCUT2D eigenvalue weighted by atomic mass is 32.1. The van der Waals surface area contributed by atoms with Gasteiger partial charge in [0, 0.05) is 19.6 Å². The SMILES string of the molecule is CC=C(CCCC)C1C=C[N+](CCOP(=O)(O)OC)=C(C2CCCO2)C1=S. The average molecular weight is 417 g/mol. The lowest BCUT2D eigenvalue weighted by molar-refractivity contribution is -0.461. The van der Waals surface area contributed by atoms with Crippen molar-refractivity contribution in [3.63, 3.8) is 0 Å². The van der Waals surface area contributed by atoms with Crippen LogP contribution in [0, 0.1) is 5.92 Å². The summed E-state index contributed by atoms with van der Waals surface area (Å²) in [7, 11) is -2.83. The van der Waals surface area contributed by atoms with Crippen LogP contribution in [0.4, 0.5) is 0 Å². The molecule has 0 amide bonds. The summed E-state index contributed by atoms with van der Waals surface area (Å²) in [6.45, 7) is 5.45. The zero-order valence-corrected chi connectivity index (χ0v) is 18.1. The Morgan fingerprint density at radius 1 is 1.56 bits per heavy atom. The summed E-state index contributed by atoms with van der Waals surface area (Å²) in [6, 6.07) is 0. The van der Waals surface area contributed by atoms with Gasteiger partial charge in [-0.25, -0.2) is 4.57 Å². The minimum atomic E-state index is -3.98. The van der Waals surface area contributed by atoms with E-state index in [4.69, 9.17) is 21.5 Å². The molecule has 0 spiro atoms. The number of hydrogen-bond acceptors (Lipinski definition) is 5. The van der Waals surface area contributed by atoms with Crippen molar-refractivity contribution in [1.29, 1.82) is 0 Å². The van der Waals surface area contributed by atoms with Gasteiger partial charge in [-0.1, -0.05) is 37.2 Å². The van der Waals surface area contributed by atoms with Crippen LogP contribution in [0.1, 0.15) is 46.0 Å². The summed E-state index contributed by atoms with van der Waals surface area (Å²) < 4.78 is 28.9. The molecule has 0 aromatic carbocycles. The Balaban J connectivity index is 2.20. The molecule has 6 nitrogen and oxygen atoms in total. The molecule has 2 rings (SSSR count).